The molecule has 0 saturated carbocycles. The molecule has 120 valence electrons. The van der Waals surface area contributed by atoms with E-state index in [-0.39, 0.29) is 11.8 Å². The third kappa shape index (κ3) is 1.70. The lowest BCUT2D eigenvalue weighted by Crippen LogP contribution is -2.53. The van der Waals surface area contributed by atoms with Crippen molar-refractivity contribution in [1.82, 2.24) is 0 Å². The molecule has 1 fully saturated rings. The van der Waals surface area contributed by atoms with E-state index < -0.39 is 4.87 Å². The molecule has 1 unspecified atom stereocenters. The predicted octanol–water partition coefficient (Wildman–Crippen LogP) is 3.20. The van der Waals surface area contributed by atoms with Gasteiger partial charge in [0.2, 0.25) is 5.91 Å². The molecular formula is C19H16N2O2S. The standard InChI is InChI=1S/C19H16N2O2S/c22-17-9-11-19(21(17)15-7-3-4-8-16(15)24-19)18(23)20-12-10-13-5-1-2-6-14(13)20/h1-8H,9-12H2. The van der Waals surface area contributed by atoms with Crippen molar-refractivity contribution in [3.63, 3.8) is 0 Å². The zero-order chi connectivity index (χ0) is 16.3. The second kappa shape index (κ2) is 4.86. The maximum Gasteiger partial charge on any atom is 0.264 e. The number of benzene rings is 2. The fourth-order valence-corrected chi connectivity index (χ4v) is 5.51. The SMILES string of the molecule is O=C1CCC2(C(=O)N3CCc4ccccc43)Sc3ccccc3N12. The summed E-state index contributed by atoms with van der Waals surface area (Å²) in [4.78, 5) is 29.9. The first-order chi connectivity index (χ1) is 11.7. The van der Waals surface area contributed by atoms with Gasteiger partial charge in [-0.1, -0.05) is 42.1 Å². The van der Waals surface area contributed by atoms with Crippen LogP contribution in [0, 0.1) is 0 Å². The van der Waals surface area contributed by atoms with Gasteiger partial charge >= 0.3 is 0 Å². The Bertz CT molecular complexity index is 881. The van der Waals surface area contributed by atoms with E-state index in [2.05, 4.69) is 6.07 Å². The van der Waals surface area contributed by atoms with Crippen LogP contribution in [-0.4, -0.2) is 23.2 Å². The maximum atomic E-state index is 13.5. The molecule has 0 N–H and O–H groups in total. The van der Waals surface area contributed by atoms with E-state index >= 15 is 0 Å². The lowest BCUT2D eigenvalue weighted by atomic mass is 10.1. The number of hydrogen-bond acceptors (Lipinski definition) is 3. The molecular weight excluding hydrogens is 320 g/mol. The molecule has 24 heavy (non-hydrogen) atoms. The van der Waals surface area contributed by atoms with Crippen LogP contribution in [0.1, 0.15) is 18.4 Å². The van der Waals surface area contributed by atoms with Crippen LogP contribution in [0.2, 0.25) is 0 Å². The summed E-state index contributed by atoms with van der Waals surface area (Å²) < 4.78 is 0. The number of carbonyl (C=O) groups excluding carboxylic acids is 2. The molecule has 2 amide bonds. The quantitative estimate of drug-likeness (QED) is 0.803. The molecule has 5 rings (SSSR count). The van der Waals surface area contributed by atoms with Crippen molar-refractivity contribution in [2.75, 3.05) is 16.3 Å². The Morgan fingerprint density at radius 3 is 2.62 bits per heavy atom. The van der Waals surface area contributed by atoms with E-state index in [0.29, 0.717) is 19.4 Å². The number of nitrogens with zero attached hydrogens (tertiary/aromatic N) is 2. The highest BCUT2D eigenvalue weighted by atomic mass is 32.2. The zero-order valence-corrected chi connectivity index (χ0v) is 13.9. The summed E-state index contributed by atoms with van der Waals surface area (Å²) in [7, 11) is 0. The number of fused-ring (bicyclic) bond motifs is 4. The molecule has 3 aliphatic heterocycles. The van der Waals surface area contributed by atoms with Crippen LogP contribution in [0.25, 0.3) is 0 Å². The summed E-state index contributed by atoms with van der Waals surface area (Å²) >= 11 is 1.54. The zero-order valence-electron chi connectivity index (χ0n) is 13.1. The average molecular weight is 336 g/mol. The van der Waals surface area contributed by atoms with Crippen molar-refractivity contribution in [2.45, 2.75) is 29.0 Å². The van der Waals surface area contributed by atoms with Gasteiger partial charge in [0.15, 0.2) is 4.87 Å². The minimum Gasteiger partial charge on any atom is -0.309 e. The minimum absolute atomic E-state index is 0.0412. The van der Waals surface area contributed by atoms with Gasteiger partial charge in [0.25, 0.3) is 5.91 Å². The summed E-state index contributed by atoms with van der Waals surface area (Å²) in [6.45, 7) is 0.693. The van der Waals surface area contributed by atoms with Crippen molar-refractivity contribution in [3.8, 4) is 0 Å². The Hall–Kier alpha value is -2.27. The minimum atomic E-state index is -0.807. The highest BCUT2D eigenvalue weighted by molar-refractivity contribution is 8.02. The molecule has 0 bridgehead atoms. The van der Waals surface area contributed by atoms with Crippen LogP contribution in [0.4, 0.5) is 11.4 Å². The molecule has 1 atom stereocenters. The van der Waals surface area contributed by atoms with Crippen LogP contribution >= 0.6 is 11.8 Å². The van der Waals surface area contributed by atoms with E-state index in [1.54, 1.807) is 16.7 Å². The lowest BCUT2D eigenvalue weighted by Gasteiger charge is -2.33. The number of para-hydroxylation sites is 2. The second-order valence-corrected chi connectivity index (χ2v) is 7.74. The normalized spacial score (nSPS) is 24.1. The molecule has 0 spiro atoms. The van der Waals surface area contributed by atoms with Gasteiger partial charge in [-0.05, 0) is 36.6 Å². The van der Waals surface area contributed by atoms with Gasteiger partial charge in [0, 0.05) is 23.5 Å². The fourth-order valence-electron chi connectivity index (χ4n) is 4.04. The van der Waals surface area contributed by atoms with Crippen molar-refractivity contribution in [2.24, 2.45) is 0 Å². The molecule has 2 aromatic carbocycles. The molecule has 0 aromatic heterocycles. The van der Waals surface area contributed by atoms with Gasteiger partial charge in [-0.3, -0.25) is 14.5 Å². The number of rotatable bonds is 1. The van der Waals surface area contributed by atoms with E-state index in [1.165, 1.54) is 5.56 Å². The predicted molar refractivity (Wildman–Crippen MR) is 94.2 cm³/mol. The molecule has 0 radical (unpaired) electrons. The topological polar surface area (TPSA) is 40.6 Å². The van der Waals surface area contributed by atoms with Crippen molar-refractivity contribution in [3.05, 3.63) is 54.1 Å². The largest absolute Gasteiger partial charge is 0.309 e. The molecule has 5 heteroatoms. The number of amides is 2. The molecule has 3 aliphatic rings. The van der Waals surface area contributed by atoms with Gasteiger partial charge in [0.05, 0.1) is 5.69 Å². The number of hydrogen-bond donors (Lipinski definition) is 0. The average Bonchev–Trinajstić information content (AvgIpc) is 3.26. The fraction of sp³-hybridized carbons (Fsp3) is 0.263. The number of anilines is 2. The second-order valence-electron chi connectivity index (χ2n) is 6.42. The molecule has 1 saturated heterocycles. The maximum absolute atomic E-state index is 13.5. The van der Waals surface area contributed by atoms with Crippen molar-refractivity contribution in [1.29, 1.82) is 0 Å². The monoisotopic (exact) mass is 336 g/mol. The summed E-state index contributed by atoms with van der Waals surface area (Å²) in [6, 6.07) is 15.9. The van der Waals surface area contributed by atoms with E-state index in [1.807, 2.05) is 47.4 Å². The van der Waals surface area contributed by atoms with Crippen LogP contribution in [-0.2, 0) is 16.0 Å². The Balaban J connectivity index is 1.59. The summed E-state index contributed by atoms with van der Waals surface area (Å²) in [5.74, 6) is 0.0905. The highest BCUT2D eigenvalue weighted by Crippen LogP contribution is 2.56. The van der Waals surface area contributed by atoms with Gasteiger partial charge in [-0.25, -0.2) is 0 Å². The number of carbonyl (C=O) groups is 2. The van der Waals surface area contributed by atoms with Gasteiger partial charge in [-0.2, -0.15) is 0 Å². The smallest absolute Gasteiger partial charge is 0.264 e. The van der Waals surface area contributed by atoms with Crippen molar-refractivity contribution < 1.29 is 9.59 Å². The Labute approximate surface area is 144 Å². The molecule has 3 heterocycles. The Morgan fingerprint density at radius 2 is 1.75 bits per heavy atom. The summed E-state index contributed by atoms with van der Waals surface area (Å²) in [5.41, 5.74) is 3.08. The number of thioether (sulfide) groups is 1. The van der Waals surface area contributed by atoms with Crippen LogP contribution in [0.3, 0.4) is 0 Å². The molecule has 2 aromatic rings. The summed E-state index contributed by atoms with van der Waals surface area (Å²) in [6.07, 6.45) is 1.88. The third-order valence-corrected chi connectivity index (χ3v) is 6.60. The first kappa shape index (κ1) is 14.1. The van der Waals surface area contributed by atoms with E-state index in [0.717, 1.165) is 22.7 Å². The van der Waals surface area contributed by atoms with Gasteiger partial charge in [0.1, 0.15) is 0 Å². The Morgan fingerprint density at radius 1 is 1.00 bits per heavy atom. The molecule has 0 aliphatic carbocycles. The molecule has 4 nitrogen and oxygen atoms in total. The van der Waals surface area contributed by atoms with E-state index in [9.17, 15) is 9.59 Å². The van der Waals surface area contributed by atoms with Gasteiger partial charge in [-0.15, -0.1) is 0 Å². The van der Waals surface area contributed by atoms with E-state index in [4.69, 9.17) is 0 Å². The van der Waals surface area contributed by atoms with Crippen LogP contribution in [0.5, 0.6) is 0 Å². The van der Waals surface area contributed by atoms with Crippen molar-refractivity contribution >= 4 is 35.0 Å². The van der Waals surface area contributed by atoms with Crippen LogP contribution < -0.4 is 9.80 Å². The lowest BCUT2D eigenvalue weighted by molar-refractivity contribution is -0.122. The summed E-state index contributed by atoms with van der Waals surface area (Å²) in [5, 5.41) is 0. The highest BCUT2D eigenvalue weighted by Gasteiger charge is 2.59. The third-order valence-electron chi connectivity index (χ3n) is 5.14. The van der Waals surface area contributed by atoms with Crippen LogP contribution in [0.15, 0.2) is 53.4 Å². The Kier molecular flexibility index (Phi) is 2.86. The first-order valence-electron chi connectivity index (χ1n) is 8.22. The van der Waals surface area contributed by atoms with Gasteiger partial charge < -0.3 is 4.90 Å². The first-order valence-corrected chi connectivity index (χ1v) is 9.03.